The van der Waals surface area contributed by atoms with Crippen LogP contribution in [0.25, 0.3) is 0 Å². The van der Waals surface area contributed by atoms with Crippen LogP contribution in [0, 0.1) is 11.8 Å². The van der Waals surface area contributed by atoms with E-state index in [0.717, 1.165) is 12.8 Å². The van der Waals surface area contributed by atoms with E-state index in [1.807, 2.05) is 6.92 Å². The van der Waals surface area contributed by atoms with Crippen LogP contribution in [-0.2, 0) is 9.59 Å². The highest BCUT2D eigenvalue weighted by Gasteiger charge is 2.37. The van der Waals surface area contributed by atoms with Gasteiger partial charge in [-0.3, -0.25) is 9.59 Å². The maximum atomic E-state index is 12.4. The van der Waals surface area contributed by atoms with Crippen molar-refractivity contribution in [1.82, 2.24) is 10.2 Å². The van der Waals surface area contributed by atoms with E-state index in [4.69, 9.17) is 10.8 Å². The molecule has 4 N–H and O–H groups in total. The van der Waals surface area contributed by atoms with Gasteiger partial charge in [0.1, 0.15) is 0 Å². The van der Waals surface area contributed by atoms with E-state index in [1.54, 1.807) is 4.90 Å². The number of nitrogens with one attached hydrogen (secondary N) is 1. The van der Waals surface area contributed by atoms with Gasteiger partial charge >= 0.3 is 12.0 Å². The summed E-state index contributed by atoms with van der Waals surface area (Å²) in [7, 11) is 0. The van der Waals surface area contributed by atoms with Crippen molar-refractivity contribution in [3.05, 3.63) is 0 Å². The molecule has 4 unspecified atom stereocenters. The molecule has 1 saturated carbocycles. The molecular weight excluding hydrogens is 274 g/mol. The Labute approximate surface area is 123 Å². The molecule has 1 aliphatic carbocycles. The number of rotatable bonds is 3. The molecule has 1 aliphatic heterocycles. The summed E-state index contributed by atoms with van der Waals surface area (Å²) in [4.78, 5) is 36.4. The molecule has 118 valence electrons. The molecule has 4 atom stereocenters. The molecule has 21 heavy (non-hydrogen) atoms. The van der Waals surface area contributed by atoms with Gasteiger partial charge in [0.15, 0.2) is 0 Å². The first kappa shape index (κ1) is 15.6. The van der Waals surface area contributed by atoms with Crippen LogP contribution in [0.4, 0.5) is 4.79 Å². The number of hydrogen-bond donors (Lipinski definition) is 3. The molecule has 2 rings (SSSR count). The van der Waals surface area contributed by atoms with Crippen molar-refractivity contribution >= 4 is 17.9 Å². The lowest BCUT2D eigenvalue weighted by atomic mass is 9.93. The van der Waals surface area contributed by atoms with Gasteiger partial charge in [0.05, 0.1) is 11.8 Å². The monoisotopic (exact) mass is 297 g/mol. The molecule has 7 nitrogen and oxygen atoms in total. The van der Waals surface area contributed by atoms with E-state index in [2.05, 4.69) is 5.32 Å². The Kier molecular flexibility index (Phi) is 4.69. The fourth-order valence-electron chi connectivity index (χ4n) is 3.29. The smallest absolute Gasteiger partial charge is 0.317 e. The van der Waals surface area contributed by atoms with E-state index in [0.29, 0.717) is 25.8 Å². The fourth-order valence-corrected chi connectivity index (χ4v) is 3.29. The Morgan fingerprint density at radius 1 is 1.19 bits per heavy atom. The second-order valence-electron chi connectivity index (χ2n) is 6.11. The van der Waals surface area contributed by atoms with E-state index >= 15 is 0 Å². The lowest BCUT2D eigenvalue weighted by molar-refractivity contribution is -0.142. The number of primary amides is 1. The van der Waals surface area contributed by atoms with E-state index in [1.165, 1.54) is 0 Å². The van der Waals surface area contributed by atoms with E-state index < -0.39 is 11.9 Å². The maximum Gasteiger partial charge on any atom is 0.317 e. The predicted octanol–water partition coefficient (Wildman–Crippen LogP) is 0.535. The highest BCUT2D eigenvalue weighted by Crippen LogP contribution is 2.27. The normalized spacial score (nSPS) is 32.7. The minimum Gasteiger partial charge on any atom is -0.481 e. The first-order chi connectivity index (χ1) is 9.90. The van der Waals surface area contributed by atoms with Gasteiger partial charge in [0.2, 0.25) is 5.91 Å². The maximum absolute atomic E-state index is 12.4. The van der Waals surface area contributed by atoms with Crippen molar-refractivity contribution in [2.24, 2.45) is 17.6 Å². The summed E-state index contributed by atoms with van der Waals surface area (Å²) < 4.78 is 0. The largest absolute Gasteiger partial charge is 0.481 e. The van der Waals surface area contributed by atoms with Crippen molar-refractivity contribution in [2.75, 3.05) is 6.54 Å². The van der Waals surface area contributed by atoms with Gasteiger partial charge in [-0.15, -0.1) is 0 Å². The summed E-state index contributed by atoms with van der Waals surface area (Å²) in [5.41, 5.74) is 5.33. The second-order valence-corrected chi connectivity index (χ2v) is 6.11. The molecule has 1 heterocycles. The quantitative estimate of drug-likeness (QED) is 0.705. The van der Waals surface area contributed by atoms with Gasteiger partial charge in [0.25, 0.3) is 0 Å². The molecule has 0 bridgehead atoms. The lowest BCUT2D eigenvalue weighted by Gasteiger charge is -2.37. The SMILES string of the molecule is CC1CCC(C(N)=O)CN1C(=O)NC1CCCC1C(=O)O. The van der Waals surface area contributed by atoms with Gasteiger partial charge in [0, 0.05) is 18.6 Å². The number of aliphatic carboxylic acids is 1. The number of likely N-dealkylation sites (tertiary alicyclic amines) is 1. The molecular formula is C14H23N3O4. The molecule has 3 amide bonds. The standard InChI is InChI=1S/C14H23N3O4/c1-8-5-6-9(12(15)18)7-17(8)14(21)16-11-4-2-3-10(11)13(19)20/h8-11H,2-7H2,1H3,(H2,15,18)(H,16,21)(H,19,20). The molecule has 0 spiro atoms. The molecule has 2 aliphatic rings. The molecule has 2 fully saturated rings. The van der Waals surface area contributed by atoms with E-state index in [-0.39, 0.29) is 29.9 Å². The minimum absolute atomic E-state index is 0.0327. The van der Waals surface area contributed by atoms with Crippen molar-refractivity contribution < 1.29 is 19.5 Å². The molecule has 0 aromatic rings. The van der Waals surface area contributed by atoms with Crippen LogP contribution in [0.15, 0.2) is 0 Å². The van der Waals surface area contributed by atoms with Gasteiger partial charge < -0.3 is 21.1 Å². The zero-order valence-electron chi connectivity index (χ0n) is 12.2. The van der Waals surface area contributed by atoms with Gasteiger partial charge in [-0.25, -0.2) is 4.79 Å². The fraction of sp³-hybridized carbons (Fsp3) is 0.786. The van der Waals surface area contributed by atoms with Crippen LogP contribution < -0.4 is 11.1 Å². The molecule has 1 saturated heterocycles. The van der Waals surface area contributed by atoms with Crippen molar-refractivity contribution in [3.8, 4) is 0 Å². The number of hydrogen-bond acceptors (Lipinski definition) is 3. The summed E-state index contributed by atoms with van der Waals surface area (Å²) in [5.74, 6) is -2.07. The Morgan fingerprint density at radius 2 is 1.90 bits per heavy atom. The highest BCUT2D eigenvalue weighted by atomic mass is 16.4. The summed E-state index contributed by atoms with van der Waals surface area (Å²) in [6.45, 7) is 2.24. The lowest BCUT2D eigenvalue weighted by Crippen LogP contribution is -2.54. The average Bonchev–Trinajstić information content (AvgIpc) is 2.87. The number of nitrogens with two attached hydrogens (primary N) is 1. The van der Waals surface area contributed by atoms with E-state index in [9.17, 15) is 14.4 Å². The summed E-state index contributed by atoms with van der Waals surface area (Å²) in [6.07, 6.45) is 3.51. The predicted molar refractivity (Wildman–Crippen MR) is 75.4 cm³/mol. The first-order valence-corrected chi connectivity index (χ1v) is 7.49. The third-order valence-corrected chi connectivity index (χ3v) is 4.69. The minimum atomic E-state index is -0.862. The van der Waals surface area contributed by atoms with Crippen molar-refractivity contribution in [2.45, 2.75) is 51.1 Å². The van der Waals surface area contributed by atoms with Crippen LogP contribution in [0.5, 0.6) is 0 Å². The van der Waals surface area contributed by atoms with Gasteiger partial charge in [-0.05, 0) is 32.6 Å². The van der Waals surface area contributed by atoms with Crippen LogP contribution in [-0.4, -0.2) is 46.5 Å². The molecule has 7 heteroatoms. The van der Waals surface area contributed by atoms with Gasteiger partial charge in [-0.2, -0.15) is 0 Å². The summed E-state index contributed by atoms with van der Waals surface area (Å²) in [6, 6.07) is -0.576. The Balaban J connectivity index is 1.98. The molecule has 0 aromatic carbocycles. The zero-order valence-corrected chi connectivity index (χ0v) is 12.2. The third kappa shape index (κ3) is 3.46. The number of carbonyl (C=O) groups is 3. The van der Waals surface area contributed by atoms with Crippen molar-refractivity contribution in [3.63, 3.8) is 0 Å². The number of carboxylic acid groups (broad SMARTS) is 1. The topological polar surface area (TPSA) is 113 Å². The number of amides is 3. The summed E-state index contributed by atoms with van der Waals surface area (Å²) >= 11 is 0. The number of piperidine rings is 1. The second kappa shape index (κ2) is 6.32. The molecule has 0 aromatic heterocycles. The first-order valence-electron chi connectivity index (χ1n) is 7.49. The van der Waals surface area contributed by atoms with Crippen LogP contribution >= 0.6 is 0 Å². The number of carboxylic acids is 1. The number of nitrogens with zero attached hydrogens (tertiary/aromatic N) is 1. The number of carbonyl (C=O) groups excluding carboxylic acids is 2. The zero-order chi connectivity index (χ0) is 15.6. The molecule has 0 radical (unpaired) electrons. The summed E-state index contributed by atoms with van der Waals surface area (Å²) in [5, 5.41) is 12.0. The van der Waals surface area contributed by atoms with Crippen molar-refractivity contribution in [1.29, 1.82) is 0 Å². The highest BCUT2D eigenvalue weighted by molar-refractivity contribution is 5.80. The Bertz CT molecular complexity index is 440. The van der Waals surface area contributed by atoms with Crippen LogP contribution in [0.2, 0.25) is 0 Å². The van der Waals surface area contributed by atoms with Gasteiger partial charge in [-0.1, -0.05) is 6.42 Å². The Morgan fingerprint density at radius 3 is 2.52 bits per heavy atom. The van der Waals surface area contributed by atoms with Crippen LogP contribution in [0.1, 0.15) is 39.0 Å². The number of urea groups is 1. The third-order valence-electron chi connectivity index (χ3n) is 4.69. The average molecular weight is 297 g/mol. The Hall–Kier alpha value is -1.79. The van der Waals surface area contributed by atoms with Crippen LogP contribution in [0.3, 0.4) is 0 Å².